The van der Waals surface area contributed by atoms with Crippen molar-refractivity contribution >= 4 is 5.91 Å². The summed E-state index contributed by atoms with van der Waals surface area (Å²) < 4.78 is 0. The van der Waals surface area contributed by atoms with Gasteiger partial charge in [0.1, 0.15) is 0 Å². The molecule has 2 N–H and O–H groups in total. The van der Waals surface area contributed by atoms with Gasteiger partial charge in [0.25, 0.3) is 0 Å². The van der Waals surface area contributed by atoms with E-state index in [2.05, 4.69) is 10.6 Å². The van der Waals surface area contributed by atoms with Crippen LogP contribution in [0, 0.1) is 0 Å². The fraction of sp³-hybridized carbons (Fsp3) is 0.667. The third kappa shape index (κ3) is 7.12. The highest BCUT2D eigenvalue weighted by Gasteiger charge is 1.96. The van der Waals surface area contributed by atoms with Crippen molar-refractivity contribution in [3.63, 3.8) is 0 Å². The fourth-order valence-electron chi connectivity index (χ4n) is 0.649. The Kier molecular flexibility index (Phi) is 5.17. The van der Waals surface area contributed by atoms with Crippen LogP contribution in [0.15, 0.2) is 12.3 Å². The molecular formula is C9H18N2O. The molecule has 0 radical (unpaired) electrons. The third-order valence-corrected chi connectivity index (χ3v) is 1.10. The maximum atomic E-state index is 11.0. The first-order valence-electron chi connectivity index (χ1n) is 4.25. The van der Waals surface area contributed by atoms with Crippen LogP contribution in [-0.2, 0) is 4.79 Å². The van der Waals surface area contributed by atoms with E-state index in [0.717, 1.165) is 0 Å². The Labute approximate surface area is 74.2 Å². The Bertz CT molecular complexity index is 162. The largest absolute Gasteiger partial charge is 0.389 e. The van der Waals surface area contributed by atoms with E-state index in [0.29, 0.717) is 6.04 Å². The number of carbonyl (C=O) groups excluding carboxylic acids is 1. The van der Waals surface area contributed by atoms with Crippen molar-refractivity contribution in [2.24, 2.45) is 0 Å². The van der Waals surface area contributed by atoms with Gasteiger partial charge in [0.05, 0.1) is 0 Å². The topological polar surface area (TPSA) is 41.1 Å². The minimum absolute atomic E-state index is 0.0573. The number of amides is 1. The SMILES string of the molecule is CC(C)N/C=C/C(=O)NC(C)C. The van der Waals surface area contributed by atoms with E-state index in [4.69, 9.17) is 0 Å². The van der Waals surface area contributed by atoms with Crippen LogP contribution in [0.2, 0.25) is 0 Å². The molecule has 0 aromatic carbocycles. The van der Waals surface area contributed by atoms with Crippen molar-refractivity contribution in [3.8, 4) is 0 Å². The van der Waals surface area contributed by atoms with Gasteiger partial charge in [-0.2, -0.15) is 0 Å². The first-order valence-corrected chi connectivity index (χ1v) is 4.25. The van der Waals surface area contributed by atoms with Gasteiger partial charge in [-0.1, -0.05) is 0 Å². The summed E-state index contributed by atoms with van der Waals surface area (Å²) in [6.07, 6.45) is 3.17. The van der Waals surface area contributed by atoms with Crippen LogP contribution in [0.25, 0.3) is 0 Å². The molecular weight excluding hydrogens is 152 g/mol. The molecule has 0 bridgehead atoms. The van der Waals surface area contributed by atoms with E-state index in [1.807, 2.05) is 27.7 Å². The van der Waals surface area contributed by atoms with Crippen LogP contribution < -0.4 is 10.6 Å². The lowest BCUT2D eigenvalue weighted by Crippen LogP contribution is -2.29. The van der Waals surface area contributed by atoms with Crippen molar-refractivity contribution < 1.29 is 4.79 Å². The molecule has 0 aliphatic rings. The molecule has 3 heteroatoms. The third-order valence-electron chi connectivity index (χ3n) is 1.10. The van der Waals surface area contributed by atoms with Crippen LogP contribution in [0.1, 0.15) is 27.7 Å². The summed E-state index contributed by atoms with van der Waals surface area (Å²) in [4.78, 5) is 11.0. The molecule has 0 unspecified atom stereocenters. The van der Waals surface area contributed by atoms with Gasteiger partial charge in [0.2, 0.25) is 5.91 Å². The van der Waals surface area contributed by atoms with E-state index in [1.165, 1.54) is 6.08 Å². The van der Waals surface area contributed by atoms with Crippen molar-refractivity contribution in [3.05, 3.63) is 12.3 Å². The predicted octanol–water partition coefficient (Wildman–Crippen LogP) is 1.02. The summed E-state index contributed by atoms with van der Waals surface area (Å²) in [6, 6.07) is 0.564. The van der Waals surface area contributed by atoms with Gasteiger partial charge >= 0.3 is 0 Å². The summed E-state index contributed by atoms with van der Waals surface area (Å²) in [7, 11) is 0. The van der Waals surface area contributed by atoms with Gasteiger partial charge in [-0.3, -0.25) is 4.79 Å². The first kappa shape index (κ1) is 11.0. The zero-order valence-corrected chi connectivity index (χ0v) is 8.22. The molecule has 0 saturated heterocycles. The molecule has 0 aliphatic heterocycles. The van der Waals surface area contributed by atoms with Gasteiger partial charge in [-0.25, -0.2) is 0 Å². The standard InChI is InChI=1S/C9H18N2O/c1-7(2)10-6-5-9(12)11-8(3)4/h5-8,10H,1-4H3,(H,11,12)/b6-5+. The van der Waals surface area contributed by atoms with E-state index in [1.54, 1.807) is 6.20 Å². The van der Waals surface area contributed by atoms with Crippen LogP contribution in [0.5, 0.6) is 0 Å². The average molecular weight is 170 g/mol. The molecule has 0 saturated carbocycles. The minimum atomic E-state index is -0.0573. The first-order chi connectivity index (χ1) is 5.52. The summed E-state index contributed by atoms with van der Waals surface area (Å²) in [5, 5.41) is 5.76. The van der Waals surface area contributed by atoms with Crippen molar-refractivity contribution in [2.75, 3.05) is 0 Å². The zero-order valence-electron chi connectivity index (χ0n) is 8.22. The maximum absolute atomic E-state index is 11.0. The summed E-state index contributed by atoms with van der Waals surface area (Å²) in [6.45, 7) is 7.90. The van der Waals surface area contributed by atoms with E-state index < -0.39 is 0 Å². The molecule has 0 aliphatic carbocycles. The van der Waals surface area contributed by atoms with E-state index >= 15 is 0 Å². The quantitative estimate of drug-likeness (QED) is 0.618. The Hall–Kier alpha value is -0.990. The smallest absolute Gasteiger partial charge is 0.245 e. The minimum Gasteiger partial charge on any atom is -0.389 e. The van der Waals surface area contributed by atoms with Crippen LogP contribution >= 0.6 is 0 Å². The number of rotatable bonds is 4. The van der Waals surface area contributed by atoms with Gasteiger partial charge in [0.15, 0.2) is 0 Å². The van der Waals surface area contributed by atoms with Crippen LogP contribution in [0.4, 0.5) is 0 Å². The molecule has 12 heavy (non-hydrogen) atoms. The van der Waals surface area contributed by atoms with Gasteiger partial charge < -0.3 is 10.6 Å². The van der Waals surface area contributed by atoms with Crippen molar-refractivity contribution in [1.82, 2.24) is 10.6 Å². The van der Waals surface area contributed by atoms with Gasteiger partial charge in [-0.15, -0.1) is 0 Å². The molecule has 0 aromatic rings. The lowest BCUT2D eigenvalue weighted by molar-refractivity contribution is -0.116. The highest BCUT2D eigenvalue weighted by atomic mass is 16.1. The lowest BCUT2D eigenvalue weighted by atomic mass is 10.4. The zero-order chi connectivity index (χ0) is 9.56. The molecule has 1 amide bonds. The molecule has 0 rings (SSSR count). The molecule has 70 valence electrons. The second-order valence-electron chi connectivity index (χ2n) is 3.32. The molecule has 3 nitrogen and oxygen atoms in total. The summed E-state index contributed by atoms with van der Waals surface area (Å²) >= 11 is 0. The molecule has 0 spiro atoms. The Morgan fingerprint density at radius 1 is 1.17 bits per heavy atom. The lowest BCUT2D eigenvalue weighted by Gasteiger charge is -2.05. The maximum Gasteiger partial charge on any atom is 0.245 e. The molecule has 0 fully saturated rings. The summed E-state index contributed by atoms with van der Waals surface area (Å²) in [5.74, 6) is -0.0573. The van der Waals surface area contributed by atoms with Crippen molar-refractivity contribution in [1.29, 1.82) is 0 Å². The number of nitrogens with one attached hydrogen (secondary N) is 2. The fourth-order valence-corrected chi connectivity index (χ4v) is 0.649. The Morgan fingerprint density at radius 3 is 2.17 bits per heavy atom. The van der Waals surface area contributed by atoms with Gasteiger partial charge in [0, 0.05) is 24.4 Å². The number of hydrogen-bond donors (Lipinski definition) is 2. The molecule has 0 atom stereocenters. The monoisotopic (exact) mass is 170 g/mol. The van der Waals surface area contributed by atoms with E-state index in [-0.39, 0.29) is 11.9 Å². The number of hydrogen-bond acceptors (Lipinski definition) is 2. The van der Waals surface area contributed by atoms with Crippen molar-refractivity contribution in [2.45, 2.75) is 39.8 Å². The predicted molar refractivity (Wildman–Crippen MR) is 50.7 cm³/mol. The highest BCUT2D eigenvalue weighted by molar-refractivity contribution is 5.87. The van der Waals surface area contributed by atoms with Gasteiger partial charge in [-0.05, 0) is 27.7 Å². The second kappa shape index (κ2) is 5.63. The number of carbonyl (C=O) groups is 1. The average Bonchev–Trinajstić information content (AvgIpc) is 1.84. The second-order valence-corrected chi connectivity index (χ2v) is 3.32. The van der Waals surface area contributed by atoms with E-state index in [9.17, 15) is 4.79 Å². The van der Waals surface area contributed by atoms with Crippen LogP contribution in [0.3, 0.4) is 0 Å². The normalized spacial score (nSPS) is 11.2. The molecule has 0 aromatic heterocycles. The van der Waals surface area contributed by atoms with Crippen LogP contribution in [-0.4, -0.2) is 18.0 Å². The summed E-state index contributed by atoms with van der Waals surface area (Å²) in [5.41, 5.74) is 0. The Morgan fingerprint density at radius 2 is 1.75 bits per heavy atom. The Balaban J connectivity index is 3.61. The highest BCUT2D eigenvalue weighted by Crippen LogP contribution is 1.80. The molecule has 0 heterocycles.